The molecule has 0 saturated heterocycles. The summed E-state index contributed by atoms with van der Waals surface area (Å²) in [6, 6.07) is 0. The van der Waals surface area contributed by atoms with Gasteiger partial charge in [0.25, 0.3) is 0 Å². The molecule has 100 valence electrons. The van der Waals surface area contributed by atoms with Crippen LogP contribution in [-0.4, -0.2) is 42.1 Å². The SMILES string of the molecule is C=CC(=O)NC(C)(C)CC[N+](CC)(CC)CC. The lowest BCUT2D eigenvalue weighted by molar-refractivity contribution is -0.923. The largest absolute Gasteiger partial charge is 0.347 e. The van der Waals surface area contributed by atoms with Crippen LogP contribution in [0.4, 0.5) is 0 Å². The molecule has 3 heteroatoms. The predicted octanol–water partition coefficient (Wildman–Crippen LogP) is 2.33. The van der Waals surface area contributed by atoms with Gasteiger partial charge in [0.1, 0.15) is 0 Å². The van der Waals surface area contributed by atoms with E-state index in [1.807, 2.05) is 0 Å². The summed E-state index contributed by atoms with van der Waals surface area (Å²) in [6.45, 7) is 18.9. The molecule has 0 heterocycles. The first kappa shape index (κ1) is 16.2. The van der Waals surface area contributed by atoms with Gasteiger partial charge < -0.3 is 9.80 Å². The van der Waals surface area contributed by atoms with E-state index in [-0.39, 0.29) is 11.4 Å². The van der Waals surface area contributed by atoms with Crippen LogP contribution < -0.4 is 5.32 Å². The van der Waals surface area contributed by atoms with Gasteiger partial charge in [-0.05, 0) is 40.7 Å². The van der Waals surface area contributed by atoms with Gasteiger partial charge in [-0.25, -0.2) is 0 Å². The highest BCUT2D eigenvalue weighted by Crippen LogP contribution is 2.15. The lowest BCUT2D eigenvalue weighted by Crippen LogP contribution is -2.52. The second-order valence-corrected chi connectivity index (χ2v) is 5.34. The summed E-state index contributed by atoms with van der Waals surface area (Å²) in [7, 11) is 0. The molecule has 0 aliphatic carbocycles. The van der Waals surface area contributed by atoms with Crippen molar-refractivity contribution in [2.45, 2.75) is 46.6 Å². The topological polar surface area (TPSA) is 29.1 Å². The van der Waals surface area contributed by atoms with E-state index in [1.165, 1.54) is 6.08 Å². The lowest BCUT2D eigenvalue weighted by atomic mass is 9.99. The van der Waals surface area contributed by atoms with Crippen molar-refractivity contribution in [1.29, 1.82) is 0 Å². The highest BCUT2D eigenvalue weighted by Gasteiger charge is 2.27. The fourth-order valence-electron chi connectivity index (χ4n) is 2.11. The van der Waals surface area contributed by atoms with E-state index in [4.69, 9.17) is 0 Å². The van der Waals surface area contributed by atoms with Gasteiger partial charge in [-0.15, -0.1) is 0 Å². The van der Waals surface area contributed by atoms with Gasteiger partial charge in [-0.2, -0.15) is 0 Å². The average Bonchev–Trinajstić information content (AvgIpc) is 2.31. The first-order valence-electron chi connectivity index (χ1n) is 6.64. The molecule has 0 radical (unpaired) electrons. The van der Waals surface area contributed by atoms with Gasteiger partial charge in [-0.3, -0.25) is 4.79 Å². The molecule has 0 aliphatic rings. The highest BCUT2D eigenvalue weighted by molar-refractivity contribution is 5.87. The number of carbonyl (C=O) groups excluding carboxylic acids is 1. The van der Waals surface area contributed by atoms with Crippen LogP contribution in [-0.2, 0) is 4.79 Å². The van der Waals surface area contributed by atoms with Crippen LogP contribution in [0, 0.1) is 0 Å². The summed E-state index contributed by atoms with van der Waals surface area (Å²) < 4.78 is 1.12. The fraction of sp³-hybridized carbons (Fsp3) is 0.786. The standard InChI is InChI=1S/C14H28N2O/c1-7-13(17)15-14(5,6)11-12-16(8-2,9-3)10-4/h7H,1,8-12H2,2-6H3/p+1. The van der Waals surface area contributed by atoms with Crippen molar-refractivity contribution in [1.82, 2.24) is 5.32 Å². The van der Waals surface area contributed by atoms with E-state index in [0.717, 1.165) is 37.1 Å². The van der Waals surface area contributed by atoms with E-state index < -0.39 is 0 Å². The number of carbonyl (C=O) groups is 1. The Bertz CT molecular complexity index is 247. The normalized spacial score (nSPS) is 12.3. The molecule has 1 N–H and O–H groups in total. The lowest BCUT2D eigenvalue weighted by Gasteiger charge is -2.38. The third kappa shape index (κ3) is 5.35. The van der Waals surface area contributed by atoms with E-state index >= 15 is 0 Å². The van der Waals surface area contributed by atoms with Gasteiger partial charge in [-0.1, -0.05) is 6.58 Å². The highest BCUT2D eigenvalue weighted by atomic mass is 16.1. The van der Waals surface area contributed by atoms with Gasteiger partial charge in [0.15, 0.2) is 0 Å². The molecular formula is C14H29N2O+. The zero-order valence-electron chi connectivity index (χ0n) is 12.2. The van der Waals surface area contributed by atoms with Crippen molar-refractivity contribution < 1.29 is 9.28 Å². The van der Waals surface area contributed by atoms with Crippen molar-refractivity contribution in [3.8, 4) is 0 Å². The molecule has 0 saturated carbocycles. The number of nitrogens with one attached hydrogen (secondary N) is 1. The van der Waals surface area contributed by atoms with Gasteiger partial charge in [0.2, 0.25) is 5.91 Å². The second-order valence-electron chi connectivity index (χ2n) is 5.34. The van der Waals surface area contributed by atoms with Crippen molar-refractivity contribution in [3.63, 3.8) is 0 Å². The molecule has 0 aromatic rings. The smallest absolute Gasteiger partial charge is 0.243 e. The van der Waals surface area contributed by atoms with Crippen LogP contribution in [0.5, 0.6) is 0 Å². The maximum Gasteiger partial charge on any atom is 0.243 e. The van der Waals surface area contributed by atoms with E-state index in [2.05, 4.69) is 46.5 Å². The van der Waals surface area contributed by atoms with Crippen LogP contribution >= 0.6 is 0 Å². The van der Waals surface area contributed by atoms with Crippen molar-refractivity contribution in [2.75, 3.05) is 26.2 Å². The Hall–Kier alpha value is -0.830. The van der Waals surface area contributed by atoms with Gasteiger partial charge in [0.05, 0.1) is 26.2 Å². The van der Waals surface area contributed by atoms with Crippen LogP contribution in [0.15, 0.2) is 12.7 Å². The van der Waals surface area contributed by atoms with Crippen LogP contribution in [0.2, 0.25) is 0 Å². The molecule has 0 aromatic heterocycles. The van der Waals surface area contributed by atoms with E-state index in [9.17, 15) is 4.79 Å². The summed E-state index contributed by atoms with van der Waals surface area (Å²) >= 11 is 0. The zero-order chi connectivity index (χ0) is 13.5. The number of hydrogen-bond acceptors (Lipinski definition) is 1. The Labute approximate surface area is 106 Å². The maximum atomic E-state index is 11.3. The average molecular weight is 241 g/mol. The van der Waals surface area contributed by atoms with Crippen LogP contribution in [0.25, 0.3) is 0 Å². The molecule has 0 spiro atoms. The van der Waals surface area contributed by atoms with Crippen LogP contribution in [0.1, 0.15) is 41.0 Å². The van der Waals surface area contributed by atoms with E-state index in [1.54, 1.807) is 0 Å². The summed E-state index contributed by atoms with van der Waals surface area (Å²) in [5, 5.41) is 2.98. The van der Waals surface area contributed by atoms with Crippen LogP contribution in [0.3, 0.4) is 0 Å². The minimum absolute atomic E-state index is 0.0856. The summed E-state index contributed by atoms with van der Waals surface area (Å²) in [4.78, 5) is 11.3. The quantitative estimate of drug-likeness (QED) is 0.513. The van der Waals surface area contributed by atoms with Crippen molar-refractivity contribution in [2.24, 2.45) is 0 Å². The molecule has 17 heavy (non-hydrogen) atoms. The number of rotatable bonds is 8. The fourth-order valence-corrected chi connectivity index (χ4v) is 2.11. The van der Waals surface area contributed by atoms with E-state index in [0.29, 0.717) is 0 Å². The second kappa shape index (κ2) is 6.80. The maximum absolute atomic E-state index is 11.3. The predicted molar refractivity (Wildman–Crippen MR) is 73.8 cm³/mol. The molecule has 0 aromatic carbocycles. The third-order valence-electron chi connectivity index (χ3n) is 3.87. The summed E-state index contributed by atoms with van der Waals surface area (Å²) in [6.07, 6.45) is 2.32. The first-order valence-corrected chi connectivity index (χ1v) is 6.64. The Morgan fingerprint density at radius 2 is 1.71 bits per heavy atom. The molecule has 0 unspecified atom stereocenters. The molecule has 0 aliphatic heterocycles. The number of nitrogens with zero attached hydrogens (tertiary/aromatic N) is 1. The van der Waals surface area contributed by atoms with Gasteiger partial charge in [0, 0.05) is 12.0 Å². The zero-order valence-corrected chi connectivity index (χ0v) is 12.2. The Morgan fingerprint density at radius 1 is 1.24 bits per heavy atom. The third-order valence-corrected chi connectivity index (χ3v) is 3.87. The first-order chi connectivity index (χ1) is 7.84. The molecular weight excluding hydrogens is 212 g/mol. The summed E-state index contributed by atoms with van der Waals surface area (Å²) in [5.41, 5.74) is -0.158. The Kier molecular flexibility index (Phi) is 6.46. The molecule has 0 atom stereocenters. The minimum Gasteiger partial charge on any atom is -0.347 e. The van der Waals surface area contributed by atoms with Gasteiger partial charge >= 0.3 is 0 Å². The molecule has 0 bridgehead atoms. The molecule has 0 fully saturated rings. The monoisotopic (exact) mass is 241 g/mol. The number of quaternary nitrogens is 1. The molecule has 0 rings (SSSR count). The van der Waals surface area contributed by atoms with Crippen molar-refractivity contribution in [3.05, 3.63) is 12.7 Å². The number of amides is 1. The number of hydrogen-bond donors (Lipinski definition) is 1. The Morgan fingerprint density at radius 3 is 2.06 bits per heavy atom. The summed E-state index contributed by atoms with van der Waals surface area (Å²) in [5.74, 6) is -0.0856. The van der Waals surface area contributed by atoms with Crippen molar-refractivity contribution >= 4 is 5.91 Å². The molecule has 1 amide bonds. The Balaban J connectivity index is 4.42. The molecule has 3 nitrogen and oxygen atoms in total. The minimum atomic E-state index is -0.158.